The number of benzene rings is 1. The van der Waals surface area contributed by atoms with Crippen molar-refractivity contribution >= 4 is 47.3 Å². The van der Waals surface area contributed by atoms with Gasteiger partial charge in [0.1, 0.15) is 36.3 Å². The minimum absolute atomic E-state index is 0.0639. The minimum Gasteiger partial charge on any atom is -0.480 e. The molecule has 7 amide bonds. The van der Waals surface area contributed by atoms with Gasteiger partial charge in [0.25, 0.3) is 0 Å². The number of aromatic nitrogens is 4. The highest BCUT2D eigenvalue weighted by molar-refractivity contribution is 5.95. The lowest BCUT2D eigenvalue weighted by atomic mass is 9.95. The van der Waals surface area contributed by atoms with Gasteiger partial charge in [-0.3, -0.25) is 33.6 Å². The Bertz CT molecular complexity index is 2160. The topological polar surface area (TPSA) is 336 Å². The largest absolute Gasteiger partial charge is 0.480 e. The average Bonchev–Trinajstić information content (AvgIpc) is 4.14. The molecule has 9 atom stereocenters. The SMILES string of the molecule is CC[C@H](C)[C@H](NC(=O)CC(O)C(CC(C)C)NC(=O)[C@H](Cc1cnc[nH]1)NC(=O)[C@H](Cc1ccccc1)NC(=O)[C@@H]1CCCN1C(C)=O)C(=O)N[C@@H](Cc1cnc[nH]1)C(=O)N[C@@H](CCCCN)C(=O)O. The van der Waals surface area contributed by atoms with Gasteiger partial charge in [-0.25, -0.2) is 14.8 Å². The molecule has 3 heterocycles. The number of nitrogens with one attached hydrogen (secondary N) is 8. The number of aliphatic hydroxyl groups is 1. The van der Waals surface area contributed by atoms with Crippen molar-refractivity contribution in [2.45, 2.75) is 154 Å². The van der Waals surface area contributed by atoms with Gasteiger partial charge in [-0.1, -0.05) is 64.4 Å². The second-order valence-electron chi connectivity index (χ2n) is 18.4. The fraction of sp³-hybridized carbons (Fsp3) is 0.583. The highest BCUT2D eigenvalue weighted by Gasteiger charge is 2.37. The number of aromatic amines is 2. The number of aliphatic hydroxyl groups excluding tert-OH is 1. The molecular formula is C48H72N12O10. The molecule has 12 N–H and O–H groups in total. The summed E-state index contributed by atoms with van der Waals surface area (Å²) in [5, 5.41) is 37.8. The molecule has 1 saturated heterocycles. The number of carboxylic acid groups (broad SMARTS) is 1. The Morgan fingerprint density at radius 1 is 0.771 bits per heavy atom. The summed E-state index contributed by atoms with van der Waals surface area (Å²) in [7, 11) is 0. The van der Waals surface area contributed by atoms with Crippen LogP contribution in [0.25, 0.3) is 0 Å². The highest BCUT2D eigenvalue weighted by atomic mass is 16.4. The maximum absolute atomic E-state index is 14.3. The van der Waals surface area contributed by atoms with Gasteiger partial charge in [-0.2, -0.15) is 0 Å². The van der Waals surface area contributed by atoms with Crippen molar-refractivity contribution in [2.24, 2.45) is 17.6 Å². The minimum atomic E-state index is -1.48. The van der Waals surface area contributed by atoms with Gasteiger partial charge in [0.15, 0.2) is 0 Å². The smallest absolute Gasteiger partial charge is 0.326 e. The van der Waals surface area contributed by atoms with Crippen molar-refractivity contribution < 1.29 is 48.6 Å². The van der Waals surface area contributed by atoms with Crippen LogP contribution in [-0.2, 0) is 57.6 Å². The summed E-state index contributed by atoms with van der Waals surface area (Å²) < 4.78 is 0. The summed E-state index contributed by atoms with van der Waals surface area (Å²) in [6, 6.07) is 1.10. The van der Waals surface area contributed by atoms with Crippen molar-refractivity contribution in [3.63, 3.8) is 0 Å². The summed E-state index contributed by atoms with van der Waals surface area (Å²) in [4.78, 5) is 123. The summed E-state index contributed by atoms with van der Waals surface area (Å²) in [6.45, 7) is 9.41. The molecule has 3 aromatic rings. The molecule has 0 saturated carbocycles. The van der Waals surface area contributed by atoms with Crippen molar-refractivity contribution in [3.8, 4) is 0 Å². The summed E-state index contributed by atoms with van der Waals surface area (Å²) in [6.07, 6.45) is 6.45. The number of unbranched alkanes of at least 4 members (excludes halogenated alkanes) is 1. The van der Waals surface area contributed by atoms with Crippen molar-refractivity contribution in [1.82, 2.24) is 56.7 Å². The molecule has 0 bridgehead atoms. The van der Waals surface area contributed by atoms with Crippen LogP contribution in [0.5, 0.6) is 0 Å². The number of nitrogens with two attached hydrogens (primary N) is 1. The number of imidazole rings is 2. The van der Waals surface area contributed by atoms with E-state index < -0.39 is 102 Å². The van der Waals surface area contributed by atoms with Crippen molar-refractivity contribution in [2.75, 3.05) is 13.1 Å². The average molecular weight is 977 g/mol. The molecule has 22 heteroatoms. The van der Waals surface area contributed by atoms with Gasteiger partial charge in [0, 0.05) is 56.5 Å². The first-order valence-electron chi connectivity index (χ1n) is 24.1. The van der Waals surface area contributed by atoms with Crippen LogP contribution in [0.1, 0.15) is 103 Å². The van der Waals surface area contributed by atoms with Gasteiger partial charge >= 0.3 is 5.97 Å². The lowest BCUT2D eigenvalue weighted by Crippen LogP contribution is -2.59. The third-order valence-electron chi connectivity index (χ3n) is 12.4. The Morgan fingerprint density at radius 3 is 1.87 bits per heavy atom. The molecule has 1 fully saturated rings. The Kier molecular flexibility index (Phi) is 22.4. The summed E-state index contributed by atoms with van der Waals surface area (Å²) in [5.41, 5.74) is 7.28. The van der Waals surface area contributed by atoms with E-state index in [4.69, 9.17) is 5.73 Å². The number of nitrogens with zero attached hydrogens (tertiary/aromatic N) is 3. The van der Waals surface area contributed by atoms with Crippen LogP contribution in [0.15, 0.2) is 55.4 Å². The fourth-order valence-corrected chi connectivity index (χ4v) is 8.32. The van der Waals surface area contributed by atoms with Gasteiger partial charge in [-0.15, -0.1) is 0 Å². The zero-order valence-corrected chi connectivity index (χ0v) is 40.7. The predicted molar refractivity (Wildman–Crippen MR) is 257 cm³/mol. The van der Waals surface area contributed by atoms with Crippen molar-refractivity contribution in [1.29, 1.82) is 0 Å². The lowest BCUT2D eigenvalue weighted by Gasteiger charge is -2.30. The number of carboxylic acids is 1. The second-order valence-corrected chi connectivity index (χ2v) is 18.4. The maximum atomic E-state index is 14.3. The maximum Gasteiger partial charge on any atom is 0.326 e. The van der Waals surface area contributed by atoms with E-state index in [0.29, 0.717) is 56.6 Å². The van der Waals surface area contributed by atoms with E-state index in [1.807, 2.05) is 26.8 Å². The Morgan fingerprint density at radius 2 is 1.34 bits per heavy atom. The molecule has 4 rings (SSSR count). The van der Waals surface area contributed by atoms with Crippen LogP contribution in [0, 0.1) is 11.8 Å². The quantitative estimate of drug-likeness (QED) is 0.0413. The molecule has 2 unspecified atom stereocenters. The number of likely N-dealkylation sites (tertiary alicyclic amines) is 1. The second kappa shape index (κ2) is 28.1. The van der Waals surface area contributed by atoms with Gasteiger partial charge in [0.2, 0.25) is 41.4 Å². The van der Waals surface area contributed by atoms with E-state index in [-0.39, 0.29) is 43.9 Å². The molecule has 0 spiro atoms. The van der Waals surface area contributed by atoms with Crippen LogP contribution in [0.2, 0.25) is 0 Å². The van der Waals surface area contributed by atoms with Gasteiger partial charge in [0.05, 0.1) is 31.2 Å². The zero-order chi connectivity index (χ0) is 51.3. The number of hydrogen-bond acceptors (Lipinski definition) is 12. The third-order valence-corrected chi connectivity index (χ3v) is 12.4. The number of H-pyrrole nitrogens is 2. The first-order valence-corrected chi connectivity index (χ1v) is 24.1. The molecule has 0 aliphatic carbocycles. The fourth-order valence-electron chi connectivity index (χ4n) is 8.32. The lowest BCUT2D eigenvalue weighted by molar-refractivity contribution is -0.142. The molecule has 22 nitrogen and oxygen atoms in total. The van der Waals surface area contributed by atoms with Crippen molar-refractivity contribution in [3.05, 3.63) is 72.3 Å². The van der Waals surface area contributed by atoms with Crippen LogP contribution in [0.4, 0.5) is 0 Å². The van der Waals surface area contributed by atoms with Crippen LogP contribution < -0.4 is 37.6 Å². The number of aliphatic carboxylic acids is 1. The molecule has 0 radical (unpaired) electrons. The predicted octanol–water partition coefficient (Wildman–Crippen LogP) is 0.137. The molecule has 2 aromatic heterocycles. The number of carbonyl (C=O) groups excluding carboxylic acids is 7. The Balaban J connectivity index is 1.51. The highest BCUT2D eigenvalue weighted by Crippen LogP contribution is 2.19. The first-order chi connectivity index (χ1) is 33.4. The third kappa shape index (κ3) is 17.7. The van der Waals surface area contributed by atoms with E-state index in [2.05, 4.69) is 51.8 Å². The van der Waals surface area contributed by atoms with Crippen LogP contribution in [-0.4, -0.2) is 144 Å². The molecule has 384 valence electrons. The molecule has 1 aliphatic heterocycles. The Labute approximate surface area is 408 Å². The molecule has 70 heavy (non-hydrogen) atoms. The van der Waals surface area contributed by atoms with E-state index in [9.17, 15) is 48.6 Å². The summed E-state index contributed by atoms with van der Waals surface area (Å²) in [5.74, 6) is -6.16. The van der Waals surface area contributed by atoms with Gasteiger partial charge in [-0.05, 0) is 62.5 Å². The van der Waals surface area contributed by atoms with E-state index >= 15 is 0 Å². The zero-order valence-electron chi connectivity index (χ0n) is 40.7. The monoisotopic (exact) mass is 977 g/mol. The molecule has 1 aliphatic rings. The normalized spacial score (nSPS) is 16.9. The molecular weight excluding hydrogens is 905 g/mol. The number of rotatable bonds is 29. The van der Waals surface area contributed by atoms with Crippen LogP contribution >= 0.6 is 0 Å². The number of carbonyl (C=O) groups is 8. The number of amides is 7. The van der Waals surface area contributed by atoms with E-state index in [1.165, 1.54) is 36.9 Å². The van der Waals surface area contributed by atoms with Crippen LogP contribution in [0.3, 0.4) is 0 Å². The summed E-state index contributed by atoms with van der Waals surface area (Å²) >= 11 is 0. The van der Waals surface area contributed by atoms with Gasteiger partial charge < -0.3 is 62.7 Å². The van der Waals surface area contributed by atoms with E-state index in [0.717, 1.165) is 5.56 Å². The molecule has 1 aromatic carbocycles. The Hall–Kier alpha value is -6.68. The standard InChI is InChI=1S/C48H72N12O10/c1-6-29(4)42(47(68)58-38(22-33-25-51-27-53-33)44(65)54-34(48(69)70)15-10-11-17-49)59-41(63)23-40(62)35(19-28(2)3)55-45(66)37(21-32-24-50-26-52-32)56-43(64)36(20-31-13-8-7-9-14-31)57-46(67)39-16-12-18-60(39)30(5)61/h7-9,13-14,24-29,34-40,42,62H,6,10-12,15-23,49H2,1-5H3,(H,50,52)(H,51,53)(H,54,65)(H,55,66)(H,56,64)(H,57,67)(H,58,68)(H,59,63)(H,69,70)/t29-,34-,35?,36-,37-,38-,39-,40?,42-/m0/s1. The number of hydrogen-bond donors (Lipinski definition) is 11. The van der Waals surface area contributed by atoms with E-state index in [1.54, 1.807) is 31.2 Å². The first kappa shape index (κ1) is 55.9.